The molecular weight excluding hydrogens is 426 g/mol. The van der Waals surface area contributed by atoms with Gasteiger partial charge in [0.2, 0.25) is 11.8 Å². The van der Waals surface area contributed by atoms with E-state index in [0.717, 1.165) is 24.2 Å². The second-order valence-corrected chi connectivity index (χ2v) is 8.32. The number of aromatic nitrogens is 1. The summed E-state index contributed by atoms with van der Waals surface area (Å²) in [5.74, 6) is -0.407. The molecule has 1 heterocycles. The summed E-state index contributed by atoms with van der Waals surface area (Å²) in [6.45, 7) is 1.84. The lowest BCUT2D eigenvalue weighted by Crippen LogP contribution is -2.40. The first-order valence-electron chi connectivity index (χ1n) is 10.6. The van der Waals surface area contributed by atoms with E-state index in [1.165, 1.54) is 4.90 Å². The predicted molar refractivity (Wildman–Crippen MR) is 125 cm³/mol. The van der Waals surface area contributed by atoms with E-state index in [1.807, 2.05) is 35.8 Å². The summed E-state index contributed by atoms with van der Waals surface area (Å²) in [5.41, 5.74) is 3.74. The van der Waals surface area contributed by atoms with Crippen LogP contribution in [0.25, 0.3) is 0 Å². The molecule has 0 saturated carbocycles. The Morgan fingerprint density at radius 1 is 1.06 bits per heavy atom. The molecule has 164 valence electrons. The van der Waals surface area contributed by atoms with Gasteiger partial charge < -0.3 is 14.8 Å². The number of carbonyl (C=O) groups is 3. The van der Waals surface area contributed by atoms with E-state index >= 15 is 0 Å². The van der Waals surface area contributed by atoms with Gasteiger partial charge >= 0.3 is 0 Å². The number of hydrogen-bond donors (Lipinski definition) is 1. The summed E-state index contributed by atoms with van der Waals surface area (Å²) < 4.78 is 1.90. The molecule has 6 nitrogen and oxygen atoms in total. The number of nitrogens with one attached hydrogen (secondary N) is 1. The van der Waals surface area contributed by atoms with Crippen molar-refractivity contribution in [3.05, 3.63) is 82.6 Å². The van der Waals surface area contributed by atoms with Crippen LogP contribution in [-0.2, 0) is 22.6 Å². The number of halogens is 1. The molecular formula is C25H24ClN3O3. The van der Waals surface area contributed by atoms with Crippen LogP contribution in [-0.4, -0.2) is 28.7 Å². The fourth-order valence-corrected chi connectivity index (χ4v) is 4.17. The van der Waals surface area contributed by atoms with Crippen LogP contribution in [0.1, 0.15) is 34.6 Å². The molecule has 32 heavy (non-hydrogen) atoms. The number of para-hydroxylation sites is 1. The van der Waals surface area contributed by atoms with Gasteiger partial charge in [0, 0.05) is 39.8 Å². The SMILES string of the molecule is Cc1cc2c(n1CC(=O)N(CC(=O)Nc1ccc(Cl)cc1)c1ccccc1)CCCC2=O. The molecule has 1 aromatic heterocycles. The number of ketones is 1. The Labute approximate surface area is 191 Å². The molecule has 0 aliphatic heterocycles. The van der Waals surface area contributed by atoms with E-state index in [0.29, 0.717) is 28.4 Å². The maximum absolute atomic E-state index is 13.4. The third-order valence-electron chi connectivity index (χ3n) is 5.63. The maximum atomic E-state index is 13.4. The van der Waals surface area contributed by atoms with Crippen LogP contribution in [0.4, 0.5) is 11.4 Å². The minimum Gasteiger partial charge on any atom is -0.339 e. The summed E-state index contributed by atoms with van der Waals surface area (Å²) in [6.07, 6.45) is 2.10. The van der Waals surface area contributed by atoms with Gasteiger partial charge in [-0.2, -0.15) is 0 Å². The van der Waals surface area contributed by atoms with Gasteiger partial charge in [-0.25, -0.2) is 0 Å². The van der Waals surface area contributed by atoms with Crippen LogP contribution < -0.4 is 10.2 Å². The molecule has 2 aromatic carbocycles. The van der Waals surface area contributed by atoms with Crippen molar-refractivity contribution in [1.82, 2.24) is 4.57 Å². The quantitative estimate of drug-likeness (QED) is 0.595. The molecule has 0 unspecified atom stereocenters. The number of hydrogen-bond acceptors (Lipinski definition) is 3. The molecule has 1 aliphatic rings. The molecule has 0 bridgehead atoms. The zero-order valence-corrected chi connectivity index (χ0v) is 18.6. The van der Waals surface area contributed by atoms with Crippen LogP contribution in [0.2, 0.25) is 5.02 Å². The second-order valence-electron chi connectivity index (χ2n) is 7.88. The predicted octanol–water partition coefficient (Wildman–Crippen LogP) is 4.64. The first-order chi connectivity index (χ1) is 15.4. The Hall–Kier alpha value is -3.38. The van der Waals surface area contributed by atoms with Gasteiger partial charge in [0.25, 0.3) is 0 Å². The Kier molecular flexibility index (Phi) is 6.42. The van der Waals surface area contributed by atoms with Gasteiger partial charge in [0.1, 0.15) is 13.1 Å². The number of amides is 2. The van der Waals surface area contributed by atoms with Crippen molar-refractivity contribution in [2.75, 3.05) is 16.8 Å². The minimum atomic E-state index is -0.314. The largest absolute Gasteiger partial charge is 0.339 e. The van der Waals surface area contributed by atoms with E-state index in [9.17, 15) is 14.4 Å². The van der Waals surface area contributed by atoms with Crippen molar-refractivity contribution in [2.24, 2.45) is 0 Å². The summed E-state index contributed by atoms with van der Waals surface area (Å²) in [6, 6.07) is 17.8. The first kappa shape index (κ1) is 21.8. The van der Waals surface area contributed by atoms with Crippen LogP contribution in [0.3, 0.4) is 0 Å². The van der Waals surface area contributed by atoms with Crippen LogP contribution >= 0.6 is 11.6 Å². The zero-order chi connectivity index (χ0) is 22.7. The zero-order valence-electron chi connectivity index (χ0n) is 17.8. The number of benzene rings is 2. The summed E-state index contributed by atoms with van der Waals surface area (Å²) >= 11 is 5.90. The Morgan fingerprint density at radius 2 is 1.78 bits per heavy atom. The number of Topliss-reactive ketones (excluding diaryl/α,β-unsaturated/α-hetero) is 1. The van der Waals surface area contributed by atoms with Gasteiger partial charge in [0.15, 0.2) is 5.78 Å². The fraction of sp³-hybridized carbons (Fsp3) is 0.240. The van der Waals surface area contributed by atoms with Crippen molar-refractivity contribution in [1.29, 1.82) is 0 Å². The highest BCUT2D eigenvalue weighted by Gasteiger charge is 2.26. The van der Waals surface area contributed by atoms with Crippen molar-refractivity contribution in [3.8, 4) is 0 Å². The number of aryl methyl sites for hydroxylation is 1. The van der Waals surface area contributed by atoms with E-state index in [-0.39, 0.29) is 30.7 Å². The summed E-state index contributed by atoms with van der Waals surface area (Å²) in [7, 11) is 0. The lowest BCUT2D eigenvalue weighted by atomic mass is 9.97. The molecule has 1 N–H and O–H groups in total. The first-order valence-corrected chi connectivity index (χ1v) is 10.9. The van der Waals surface area contributed by atoms with Crippen molar-refractivity contribution >= 4 is 40.6 Å². The Balaban J connectivity index is 1.56. The third-order valence-corrected chi connectivity index (χ3v) is 5.88. The van der Waals surface area contributed by atoms with Gasteiger partial charge in [0.05, 0.1) is 0 Å². The Morgan fingerprint density at radius 3 is 2.50 bits per heavy atom. The van der Waals surface area contributed by atoms with Crippen molar-refractivity contribution in [3.63, 3.8) is 0 Å². The highest BCUT2D eigenvalue weighted by atomic mass is 35.5. The van der Waals surface area contributed by atoms with Crippen molar-refractivity contribution in [2.45, 2.75) is 32.7 Å². The normalized spacial score (nSPS) is 12.9. The molecule has 3 aromatic rings. The summed E-state index contributed by atoms with van der Waals surface area (Å²) in [5, 5.41) is 3.38. The average molecular weight is 450 g/mol. The molecule has 7 heteroatoms. The van der Waals surface area contributed by atoms with Gasteiger partial charge in [-0.1, -0.05) is 29.8 Å². The minimum absolute atomic E-state index is 0.0670. The molecule has 0 spiro atoms. The molecule has 2 amide bonds. The van der Waals surface area contributed by atoms with Gasteiger partial charge in [-0.15, -0.1) is 0 Å². The third kappa shape index (κ3) is 4.75. The topological polar surface area (TPSA) is 71.4 Å². The van der Waals surface area contributed by atoms with E-state index in [4.69, 9.17) is 11.6 Å². The molecule has 0 atom stereocenters. The molecule has 0 fully saturated rings. The average Bonchev–Trinajstić information content (AvgIpc) is 3.11. The highest BCUT2D eigenvalue weighted by molar-refractivity contribution is 6.30. The molecule has 4 rings (SSSR count). The van der Waals surface area contributed by atoms with Gasteiger partial charge in [-0.3, -0.25) is 14.4 Å². The van der Waals surface area contributed by atoms with Crippen LogP contribution in [0, 0.1) is 6.92 Å². The molecule has 1 aliphatic carbocycles. The molecule has 0 saturated heterocycles. The number of nitrogens with zero attached hydrogens (tertiary/aromatic N) is 2. The Bertz CT molecular complexity index is 1150. The maximum Gasteiger partial charge on any atom is 0.247 e. The number of carbonyl (C=O) groups excluding carboxylic acids is 3. The van der Waals surface area contributed by atoms with Crippen LogP contribution in [0.5, 0.6) is 0 Å². The van der Waals surface area contributed by atoms with E-state index in [1.54, 1.807) is 36.4 Å². The fourth-order valence-electron chi connectivity index (χ4n) is 4.04. The standard InChI is InChI=1S/C25H24ClN3O3/c1-17-14-21-22(8-5-9-23(21)30)28(17)16-25(32)29(20-6-3-2-4-7-20)15-24(31)27-19-12-10-18(26)11-13-19/h2-4,6-7,10-14H,5,8-9,15-16H2,1H3,(H,27,31). The monoisotopic (exact) mass is 449 g/mol. The highest BCUT2D eigenvalue weighted by Crippen LogP contribution is 2.25. The smallest absolute Gasteiger partial charge is 0.247 e. The van der Waals surface area contributed by atoms with E-state index < -0.39 is 0 Å². The van der Waals surface area contributed by atoms with Gasteiger partial charge in [-0.05, 0) is 62.2 Å². The lowest BCUT2D eigenvalue weighted by Gasteiger charge is -2.24. The van der Waals surface area contributed by atoms with Crippen molar-refractivity contribution < 1.29 is 14.4 Å². The molecule has 0 radical (unpaired) electrons. The number of fused-ring (bicyclic) bond motifs is 1. The number of rotatable bonds is 6. The van der Waals surface area contributed by atoms with E-state index in [2.05, 4.69) is 5.32 Å². The number of anilines is 2. The van der Waals surface area contributed by atoms with Crippen LogP contribution in [0.15, 0.2) is 60.7 Å². The second kappa shape index (κ2) is 9.40. The summed E-state index contributed by atoms with van der Waals surface area (Å²) in [4.78, 5) is 39.9. The lowest BCUT2D eigenvalue weighted by molar-refractivity contribution is -0.122.